The van der Waals surface area contributed by atoms with Crippen LogP contribution in [-0.2, 0) is 28.5 Å². The van der Waals surface area contributed by atoms with Crippen molar-refractivity contribution in [2.24, 2.45) is 0 Å². The van der Waals surface area contributed by atoms with Gasteiger partial charge in [-0.1, -0.05) is 15.9 Å². The number of rotatable bonds is 13. The summed E-state index contributed by atoms with van der Waals surface area (Å²) in [6, 6.07) is 0. The van der Waals surface area contributed by atoms with Gasteiger partial charge in [-0.3, -0.25) is 0 Å². The number of ether oxygens (including phenoxy) is 5. The largest absolute Gasteiger partial charge is 0.458 e. The maximum atomic E-state index is 11.3. The van der Waals surface area contributed by atoms with Crippen molar-refractivity contribution >= 4 is 21.9 Å². The molecule has 21 heavy (non-hydrogen) atoms. The van der Waals surface area contributed by atoms with Gasteiger partial charge in [-0.05, 0) is 20.8 Å². The number of carbonyl (C=O) groups is 1. The van der Waals surface area contributed by atoms with Crippen molar-refractivity contribution < 1.29 is 28.5 Å². The molecule has 0 radical (unpaired) electrons. The predicted molar refractivity (Wildman–Crippen MR) is 82.9 cm³/mol. The molecule has 0 aromatic heterocycles. The Kier molecular flexibility index (Phi) is 13.3. The van der Waals surface area contributed by atoms with Crippen molar-refractivity contribution in [1.29, 1.82) is 0 Å². The predicted octanol–water partition coefficient (Wildman–Crippen LogP) is 1.79. The summed E-state index contributed by atoms with van der Waals surface area (Å²) in [6.07, 6.45) is 0. The molecule has 0 aliphatic carbocycles. The summed E-state index contributed by atoms with van der Waals surface area (Å²) >= 11 is 3.27. The smallest absolute Gasteiger partial charge is 0.332 e. The first-order valence-electron chi connectivity index (χ1n) is 7.04. The molecule has 0 atom stereocenters. The van der Waals surface area contributed by atoms with Gasteiger partial charge in [-0.15, -0.1) is 0 Å². The van der Waals surface area contributed by atoms with Gasteiger partial charge in [-0.2, -0.15) is 0 Å². The Balaban J connectivity index is 3.17. The summed E-state index contributed by atoms with van der Waals surface area (Å²) in [6.45, 7) is 9.03. The van der Waals surface area contributed by atoms with Crippen LogP contribution in [0, 0.1) is 0 Å². The lowest BCUT2D eigenvalue weighted by Crippen LogP contribution is -2.27. The monoisotopic (exact) mass is 370 g/mol. The van der Waals surface area contributed by atoms with E-state index in [9.17, 15) is 4.79 Å². The maximum Gasteiger partial charge on any atom is 0.332 e. The van der Waals surface area contributed by atoms with E-state index in [1.54, 1.807) is 0 Å². The number of esters is 1. The Morgan fingerprint density at radius 2 is 1.24 bits per heavy atom. The summed E-state index contributed by atoms with van der Waals surface area (Å²) < 4.78 is 26.1. The molecule has 0 aliphatic heterocycles. The first-order chi connectivity index (χ1) is 9.95. The lowest BCUT2D eigenvalue weighted by atomic mass is 10.2. The number of carbonyl (C=O) groups excluding carboxylic acids is 1. The number of halogens is 1. The highest BCUT2D eigenvalue weighted by Gasteiger charge is 2.15. The molecule has 0 saturated carbocycles. The average Bonchev–Trinajstić information content (AvgIpc) is 2.38. The molecule has 6 nitrogen and oxygen atoms in total. The van der Waals surface area contributed by atoms with Crippen LogP contribution in [0.25, 0.3) is 0 Å². The Hall–Kier alpha value is -0.210. The van der Waals surface area contributed by atoms with E-state index >= 15 is 0 Å². The van der Waals surface area contributed by atoms with E-state index < -0.39 is 5.60 Å². The zero-order chi connectivity index (χ0) is 16.0. The van der Waals surface area contributed by atoms with Crippen molar-refractivity contribution in [3.8, 4) is 0 Å². The molecule has 0 aliphatic rings. The van der Waals surface area contributed by atoms with Crippen LogP contribution in [0.2, 0.25) is 0 Å². The third-order valence-corrected chi connectivity index (χ3v) is 2.30. The highest BCUT2D eigenvalue weighted by molar-refractivity contribution is 9.09. The molecule has 126 valence electrons. The van der Waals surface area contributed by atoms with E-state index in [0.717, 1.165) is 5.33 Å². The number of hydrogen-bond donors (Lipinski definition) is 0. The van der Waals surface area contributed by atoms with Crippen LogP contribution >= 0.6 is 15.9 Å². The number of alkyl halides is 1. The molecule has 0 N–H and O–H groups in total. The topological polar surface area (TPSA) is 63.2 Å². The quantitative estimate of drug-likeness (QED) is 0.280. The third-order valence-electron chi connectivity index (χ3n) is 1.98. The summed E-state index contributed by atoms with van der Waals surface area (Å²) in [5, 5.41) is 0.833. The van der Waals surface area contributed by atoms with Gasteiger partial charge in [0.05, 0.1) is 46.2 Å². The normalized spacial score (nSPS) is 11.6. The Labute approximate surface area is 135 Å². The van der Waals surface area contributed by atoms with Gasteiger partial charge in [0.1, 0.15) is 12.2 Å². The van der Waals surface area contributed by atoms with Gasteiger partial charge in [-0.25, -0.2) is 4.79 Å². The molecule has 0 spiro atoms. The molecule has 0 aromatic rings. The van der Waals surface area contributed by atoms with Gasteiger partial charge >= 0.3 is 5.97 Å². The fraction of sp³-hybridized carbons (Fsp3) is 0.929. The van der Waals surface area contributed by atoms with E-state index in [0.29, 0.717) is 46.2 Å². The minimum Gasteiger partial charge on any atom is -0.458 e. The van der Waals surface area contributed by atoms with Gasteiger partial charge in [0.15, 0.2) is 0 Å². The molecule has 7 heteroatoms. The second-order valence-electron chi connectivity index (χ2n) is 5.17. The van der Waals surface area contributed by atoms with Gasteiger partial charge in [0.2, 0.25) is 0 Å². The average molecular weight is 371 g/mol. The van der Waals surface area contributed by atoms with E-state index in [-0.39, 0.29) is 12.6 Å². The Morgan fingerprint density at radius 3 is 1.67 bits per heavy atom. The van der Waals surface area contributed by atoms with E-state index in [1.165, 1.54) is 0 Å². The zero-order valence-corrected chi connectivity index (χ0v) is 14.8. The summed E-state index contributed by atoms with van der Waals surface area (Å²) in [7, 11) is 0. The van der Waals surface area contributed by atoms with Gasteiger partial charge in [0, 0.05) is 5.33 Å². The van der Waals surface area contributed by atoms with Crippen LogP contribution in [0.3, 0.4) is 0 Å². The molecule has 0 rings (SSSR count). The minimum absolute atomic E-state index is 0.0535. The first kappa shape index (κ1) is 20.8. The van der Waals surface area contributed by atoms with Crippen LogP contribution in [0.4, 0.5) is 0 Å². The molecule has 0 unspecified atom stereocenters. The molecule has 0 amide bonds. The van der Waals surface area contributed by atoms with Crippen molar-refractivity contribution in [1.82, 2.24) is 0 Å². The van der Waals surface area contributed by atoms with Crippen molar-refractivity contribution in [2.45, 2.75) is 26.4 Å². The van der Waals surface area contributed by atoms with Crippen molar-refractivity contribution in [3.05, 3.63) is 0 Å². The molecule has 0 heterocycles. The molecular weight excluding hydrogens is 344 g/mol. The lowest BCUT2D eigenvalue weighted by molar-refractivity contribution is -0.160. The molecule has 0 fully saturated rings. The van der Waals surface area contributed by atoms with Gasteiger partial charge < -0.3 is 23.7 Å². The maximum absolute atomic E-state index is 11.3. The number of hydrogen-bond acceptors (Lipinski definition) is 6. The molecule has 0 bridgehead atoms. The van der Waals surface area contributed by atoms with E-state index in [4.69, 9.17) is 23.7 Å². The van der Waals surface area contributed by atoms with Crippen molar-refractivity contribution in [2.75, 3.05) is 58.2 Å². The zero-order valence-electron chi connectivity index (χ0n) is 13.2. The first-order valence-corrected chi connectivity index (χ1v) is 8.16. The summed E-state index contributed by atoms with van der Waals surface area (Å²) in [5.41, 5.74) is -0.480. The van der Waals surface area contributed by atoms with Crippen LogP contribution in [0.1, 0.15) is 20.8 Å². The third kappa shape index (κ3) is 17.7. The summed E-state index contributed by atoms with van der Waals surface area (Å²) in [5.74, 6) is -0.366. The summed E-state index contributed by atoms with van der Waals surface area (Å²) in [4.78, 5) is 11.3. The lowest BCUT2D eigenvalue weighted by Gasteiger charge is -2.19. The van der Waals surface area contributed by atoms with Crippen LogP contribution < -0.4 is 0 Å². The highest BCUT2D eigenvalue weighted by Crippen LogP contribution is 2.06. The highest BCUT2D eigenvalue weighted by atomic mass is 79.9. The molecule has 0 aromatic carbocycles. The van der Waals surface area contributed by atoms with Crippen molar-refractivity contribution in [3.63, 3.8) is 0 Å². The standard InChI is InChI=1S/C14H27BrO6/c1-14(2,3)21-13(16)12-20-11-10-19-9-8-18-7-6-17-5-4-15/h4-12H2,1-3H3. The second-order valence-corrected chi connectivity index (χ2v) is 5.96. The fourth-order valence-corrected chi connectivity index (χ4v) is 1.47. The molecular formula is C14H27BrO6. The SMILES string of the molecule is CC(C)(C)OC(=O)COCCOCCOCCOCCBr. The minimum atomic E-state index is -0.480. The Bertz CT molecular complexity index is 254. The van der Waals surface area contributed by atoms with Crippen LogP contribution in [-0.4, -0.2) is 69.8 Å². The fourth-order valence-electron chi connectivity index (χ4n) is 1.24. The molecule has 0 saturated heterocycles. The van der Waals surface area contributed by atoms with Crippen LogP contribution in [0.5, 0.6) is 0 Å². The van der Waals surface area contributed by atoms with E-state index in [1.807, 2.05) is 20.8 Å². The van der Waals surface area contributed by atoms with Gasteiger partial charge in [0.25, 0.3) is 0 Å². The Morgan fingerprint density at radius 1 is 0.810 bits per heavy atom. The van der Waals surface area contributed by atoms with Crippen LogP contribution in [0.15, 0.2) is 0 Å². The second kappa shape index (κ2) is 13.5. The van der Waals surface area contributed by atoms with E-state index in [2.05, 4.69) is 15.9 Å².